The molecule has 3 rings (SSSR count). The van der Waals surface area contributed by atoms with Crippen molar-refractivity contribution in [3.8, 4) is 0 Å². The van der Waals surface area contributed by atoms with Crippen LogP contribution >= 0.6 is 11.3 Å². The molecule has 0 saturated heterocycles. The van der Waals surface area contributed by atoms with Crippen LogP contribution in [0.1, 0.15) is 39.1 Å². The predicted molar refractivity (Wildman–Crippen MR) is 95.4 cm³/mol. The van der Waals surface area contributed by atoms with Crippen LogP contribution in [0.25, 0.3) is 5.65 Å². The molecule has 122 valence electrons. The molecule has 0 amide bonds. The van der Waals surface area contributed by atoms with Gasteiger partial charge in [-0.15, -0.1) is 15.3 Å². The lowest BCUT2D eigenvalue weighted by Gasteiger charge is -2.26. The maximum atomic E-state index is 4.77. The molecule has 6 heteroatoms. The predicted octanol–water partition coefficient (Wildman–Crippen LogP) is 3.55. The molecule has 0 saturated carbocycles. The Labute approximate surface area is 141 Å². The summed E-state index contributed by atoms with van der Waals surface area (Å²) in [5, 5.41) is 17.6. The molecule has 23 heavy (non-hydrogen) atoms. The molecule has 1 atom stereocenters. The molecule has 0 N–H and O–H groups in total. The van der Waals surface area contributed by atoms with E-state index in [0.717, 1.165) is 23.7 Å². The second-order valence-electron chi connectivity index (χ2n) is 7.03. The smallest absolute Gasteiger partial charge is 0.178 e. The number of fused-ring (bicyclic) bond motifs is 1. The summed E-state index contributed by atoms with van der Waals surface area (Å²) in [7, 11) is 2.09. The highest BCUT2D eigenvalue weighted by Gasteiger charge is 2.22. The number of aromatic nitrogens is 4. The Bertz CT molecular complexity index is 785. The molecular formula is C17H23N5S. The SMILES string of the molecule is CC(Cc1ccsc1)N(C)c1ccc2nnc(C(C)(C)C)n2n1. The van der Waals surface area contributed by atoms with Gasteiger partial charge in [0.2, 0.25) is 0 Å². The van der Waals surface area contributed by atoms with Crippen molar-refractivity contribution >= 4 is 22.8 Å². The summed E-state index contributed by atoms with van der Waals surface area (Å²) in [5.41, 5.74) is 2.07. The van der Waals surface area contributed by atoms with Crippen LogP contribution in [0.4, 0.5) is 5.82 Å². The third kappa shape index (κ3) is 3.22. The molecule has 3 aromatic rings. The summed E-state index contributed by atoms with van der Waals surface area (Å²) in [6.07, 6.45) is 1.01. The van der Waals surface area contributed by atoms with Crippen LogP contribution in [0.3, 0.4) is 0 Å². The van der Waals surface area contributed by atoms with Crippen LogP contribution in [-0.2, 0) is 11.8 Å². The molecule has 0 radical (unpaired) electrons. The quantitative estimate of drug-likeness (QED) is 0.734. The van der Waals surface area contributed by atoms with Crippen molar-refractivity contribution in [3.63, 3.8) is 0 Å². The Morgan fingerprint density at radius 2 is 2.00 bits per heavy atom. The molecule has 0 aliphatic carbocycles. The van der Waals surface area contributed by atoms with Crippen LogP contribution in [0.2, 0.25) is 0 Å². The second-order valence-corrected chi connectivity index (χ2v) is 7.81. The van der Waals surface area contributed by atoms with Gasteiger partial charge in [-0.3, -0.25) is 0 Å². The van der Waals surface area contributed by atoms with E-state index >= 15 is 0 Å². The van der Waals surface area contributed by atoms with E-state index in [9.17, 15) is 0 Å². The fourth-order valence-corrected chi connectivity index (χ4v) is 3.23. The number of hydrogen-bond acceptors (Lipinski definition) is 5. The summed E-state index contributed by atoms with van der Waals surface area (Å²) in [5.74, 6) is 1.82. The average Bonchev–Trinajstić information content (AvgIpc) is 3.13. The molecule has 3 heterocycles. The zero-order valence-corrected chi connectivity index (χ0v) is 15.1. The van der Waals surface area contributed by atoms with Crippen molar-refractivity contribution in [1.82, 2.24) is 19.8 Å². The average molecular weight is 329 g/mol. The van der Waals surface area contributed by atoms with Gasteiger partial charge in [-0.25, -0.2) is 0 Å². The zero-order chi connectivity index (χ0) is 16.6. The van der Waals surface area contributed by atoms with Crippen molar-refractivity contribution in [3.05, 3.63) is 40.3 Å². The first-order valence-corrected chi connectivity index (χ1v) is 8.77. The maximum Gasteiger partial charge on any atom is 0.178 e. The summed E-state index contributed by atoms with van der Waals surface area (Å²) in [4.78, 5) is 2.21. The van der Waals surface area contributed by atoms with E-state index in [1.807, 2.05) is 16.6 Å². The lowest BCUT2D eigenvalue weighted by Crippen LogP contribution is -2.32. The van der Waals surface area contributed by atoms with Gasteiger partial charge in [-0.05, 0) is 47.9 Å². The monoisotopic (exact) mass is 329 g/mol. The topological polar surface area (TPSA) is 46.3 Å². The molecule has 0 spiro atoms. The normalized spacial score (nSPS) is 13.4. The number of nitrogens with zero attached hydrogens (tertiary/aromatic N) is 5. The van der Waals surface area contributed by atoms with Crippen LogP contribution in [0, 0.1) is 0 Å². The second kappa shape index (κ2) is 5.92. The van der Waals surface area contributed by atoms with E-state index in [2.05, 4.69) is 66.7 Å². The molecule has 5 nitrogen and oxygen atoms in total. The van der Waals surface area contributed by atoms with E-state index < -0.39 is 0 Å². The van der Waals surface area contributed by atoms with E-state index in [4.69, 9.17) is 5.10 Å². The summed E-state index contributed by atoms with van der Waals surface area (Å²) >= 11 is 1.74. The lowest BCUT2D eigenvalue weighted by atomic mass is 9.96. The third-order valence-electron chi connectivity index (χ3n) is 4.05. The fraction of sp³-hybridized carbons (Fsp3) is 0.471. The Kier molecular flexibility index (Phi) is 4.10. The van der Waals surface area contributed by atoms with Gasteiger partial charge in [0.15, 0.2) is 11.5 Å². The molecule has 0 fully saturated rings. The first kappa shape index (κ1) is 15.9. The first-order valence-electron chi connectivity index (χ1n) is 7.83. The van der Waals surface area contributed by atoms with E-state index in [1.54, 1.807) is 11.3 Å². The standard InChI is InChI=1S/C17H23N5S/c1-12(10-13-8-9-23-11-13)21(5)15-7-6-14-18-19-16(17(2,3)4)22(14)20-15/h6-9,11-12H,10H2,1-5H3. The number of hydrogen-bond donors (Lipinski definition) is 0. The van der Waals surface area contributed by atoms with Gasteiger partial charge in [-0.1, -0.05) is 20.8 Å². The van der Waals surface area contributed by atoms with Crippen LogP contribution < -0.4 is 4.90 Å². The number of thiophene rings is 1. The number of rotatable bonds is 4. The minimum atomic E-state index is -0.0914. The summed E-state index contributed by atoms with van der Waals surface area (Å²) in [6.45, 7) is 8.60. The molecule has 0 aliphatic rings. The highest BCUT2D eigenvalue weighted by atomic mass is 32.1. The molecule has 3 aromatic heterocycles. The fourth-order valence-electron chi connectivity index (χ4n) is 2.55. The minimum Gasteiger partial charge on any atom is -0.355 e. The molecule has 1 unspecified atom stereocenters. The van der Waals surface area contributed by atoms with Gasteiger partial charge in [-0.2, -0.15) is 15.9 Å². The highest BCUT2D eigenvalue weighted by Crippen LogP contribution is 2.22. The maximum absolute atomic E-state index is 4.77. The lowest BCUT2D eigenvalue weighted by molar-refractivity contribution is 0.525. The highest BCUT2D eigenvalue weighted by molar-refractivity contribution is 7.07. The van der Waals surface area contributed by atoms with Crippen molar-refractivity contribution in [2.24, 2.45) is 0 Å². The first-order chi connectivity index (χ1) is 10.9. The molecular weight excluding hydrogens is 306 g/mol. The van der Waals surface area contributed by atoms with E-state index in [1.165, 1.54) is 5.56 Å². The Morgan fingerprint density at radius 1 is 1.22 bits per heavy atom. The van der Waals surface area contributed by atoms with Gasteiger partial charge in [0.25, 0.3) is 0 Å². The Morgan fingerprint density at radius 3 is 2.65 bits per heavy atom. The van der Waals surface area contributed by atoms with Gasteiger partial charge in [0, 0.05) is 18.5 Å². The minimum absolute atomic E-state index is 0.0914. The Hall–Kier alpha value is -1.95. The Balaban J connectivity index is 1.90. The third-order valence-corrected chi connectivity index (χ3v) is 4.79. The van der Waals surface area contributed by atoms with Crippen LogP contribution in [-0.4, -0.2) is 32.9 Å². The van der Waals surface area contributed by atoms with Gasteiger partial charge < -0.3 is 4.90 Å². The van der Waals surface area contributed by atoms with E-state index in [0.29, 0.717) is 6.04 Å². The van der Waals surface area contributed by atoms with Crippen LogP contribution in [0.5, 0.6) is 0 Å². The van der Waals surface area contributed by atoms with Crippen molar-refractivity contribution in [1.29, 1.82) is 0 Å². The molecule has 0 aliphatic heterocycles. The van der Waals surface area contributed by atoms with Crippen molar-refractivity contribution < 1.29 is 0 Å². The zero-order valence-electron chi connectivity index (χ0n) is 14.3. The number of likely N-dealkylation sites (N-methyl/N-ethyl adjacent to an activating group) is 1. The van der Waals surface area contributed by atoms with Gasteiger partial charge in [0.1, 0.15) is 5.82 Å². The van der Waals surface area contributed by atoms with Gasteiger partial charge >= 0.3 is 0 Å². The molecule has 0 aromatic carbocycles. The van der Waals surface area contributed by atoms with Crippen molar-refractivity contribution in [2.75, 3.05) is 11.9 Å². The largest absolute Gasteiger partial charge is 0.355 e. The number of anilines is 1. The summed E-state index contributed by atoms with van der Waals surface area (Å²) < 4.78 is 1.86. The summed E-state index contributed by atoms with van der Waals surface area (Å²) in [6, 6.07) is 6.55. The van der Waals surface area contributed by atoms with E-state index in [-0.39, 0.29) is 5.41 Å². The van der Waals surface area contributed by atoms with Crippen LogP contribution in [0.15, 0.2) is 29.0 Å². The molecule has 0 bridgehead atoms. The van der Waals surface area contributed by atoms with Gasteiger partial charge in [0.05, 0.1) is 0 Å². The van der Waals surface area contributed by atoms with Crippen molar-refractivity contribution in [2.45, 2.75) is 45.6 Å².